The lowest BCUT2D eigenvalue weighted by atomic mass is 10.1. The highest BCUT2D eigenvalue weighted by molar-refractivity contribution is 5.92. The van der Waals surface area contributed by atoms with Crippen LogP contribution < -0.4 is 10.3 Å². The number of benzene rings is 3. The maximum absolute atomic E-state index is 11.2. The minimum Gasteiger partial charge on any atom is -0.478 e. The molecule has 1 aromatic heterocycles. The summed E-state index contributed by atoms with van der Waals surface area (Å²) in [5, 5.41) is 13.4. The van der Waals surface area contributed by atoms with E-state index in [1.165, 1.54) is 0 Å². The predicted molar refractivity (Wildman–Crippen MR) is 100 cm³/mol. The number of hydrogen-bond donors (Lipinski definition) is 2. The monoisotopic (exact) mass is 342 g/mol. The van der Waals surface area contributed by atoms with Gasteiger partial charge in [-0.15, -0.1) is 4.98 Å². The molecule has 0 aliphatic carbocycles. The third kappa shape index (κ3) is 3.10. The van der Waals surface area contributed by atoms with Gasteiger partial charge in [-0.3, -0.25) is 5.32 Å². The number of aromatic amines is 1. The van der Waals surface area contributed by atoms with Gasteiger partial charge in [0.2, 0.25) is 5.82 Å². The molecule has 0 atom stereocenters. The van der Waals surface area contributed by atoms with Gasteiger partial charge >= 0.3 is 5.97 Å². The fourth-order valence-corrected chi connectivity index (χ4v) is 2.82. The van der Waals surface area contributed by atoms with Gasteiger partial charge in [-0.05, 0) is 42.5 Å². The van der Waals surface area contributed by atoms with Crippen LogP contribution >= 0.6 is 0 Å². The molecule has 0 radical (unpaired) electrons. The summed E-state index contributed by atoms with van der Waals surface area (Å²) in [6.07, 6.45) is 0. The van der Waals surface area contributed by atoms with Crippen LogP contribution in [0.5, 0.6) is 0 Å². The van der Waals surface area contributed by atoms with E-state index in [2.05, 4.69) is 10.3 Å². The Morgan fingerprint density at radius 3 is 2.50 bits per heavy atom. The van der Waals surface area contributed by atoms with Crippen molar-refractivity contribution in [3.8, 4) is 11.4 Å². The predicted octanol–water partition coefficient (Wildman–Crippen LogP) is 4.16. The SMILES string of the molecule is O=C(O)c1cccc(Nc2[nH+]c(-c3ccccc3)nc3ccccc23)c1. The van der Waals surface area contributed by atoms with Gasteiger partial charge in [-0.1, -0.05) is 36.4 Å². The average molecular weight is 342 g/mol. The van der Waals surface area contributed by atoms with Crippen molar-refractivity contribution >= 4 is 28.4 Å². The van der Waals surface area contributed by atoms with Gasteiger partial charge in [0, 0.05) is 0 Å². The fourth-order valence-electron chi connectivity index (χ4n) is 2.82. The Labute approximate surface area is 150 Å². The Morgan fingerprint density at radius 1 is 0.923 bits per heavy atom. The molecule has 4 aromatic rings. The highest BCUT2D eigenvalue weighted by Gasteiger charge is 2.15. The van der Waals surface area contributed by atoms with Crippen molar-refractivity contribution in [2.45, 2.75) is 0 Å². The summed E-state index contributed by atoms with van der Waals surface area (Å²) < 4.78 is 0. The number of anilines is 2. The van der Waals surface area contributed by atoms with E-state index in [1.54, 1.807) is 18.2 Å². The van der Waals surface area contributed by atoms with E-state index in [0.717, 1.165) is 28.1 Å². The molecule has 1 heterocycles. The molecule has 0 saturated heterocycles. The first-order chi connectivity index (χ1) is 12.7. The molecule has 5 nitrogen and oxygen atoms in total. The molecule has 0 spiro atoms. The summed E-state index contributed by atoms with van der Waals surface area (Å²) in [7, 11) is 0. The third-order valence-electron chi connectivity index (χ3n) is 4.08. The first-order valence-corrected chi connectivity index (χ1v) is 8.18. The first-order valence-electron chi connectivity index (χ1n) is 8.18. The van der Waals surface area contributed by atoms with Crippen LogP contribution in [-0.2, 0) is 0 Å². The molecule has 0 bridgehead atoms. The topological polar surface area (TPSA) is 76.4 Å². The number of aromatic carboxylic acids is 1. The maximum Gasteiger partial charge on any atom is 0.335 e. The quantitative estimate of drug-likeness (QED) is 0.584. The van der Waals surface area contributed by atoms with Crippen LogP contribution in [0.4, 0.5) is 11.5 Å². The molecule has 0 aliphatic rings. The average Bonchev–Trinajstić information content (AvgIpc) is 2.69. The van der Waals surface area contributed by atoms with Gasteiger partial charge in [0.15, 0.2) is 5.52 Å². The number of nitrogens with one attached hydrogen (secondary N) is 2. The van der Waals surface area contributed by atoms with E-state index >= 15 is 0 Å². The molecule has 3 aromatic carbocycles. The number of carboxylic acids is 1. The lowest BCUT2D eigenvalue weighted by molar-refractivity contribution is -0.349. The fraction of sp³-hybridized carbons (Fsp3) is 0. The lowest BCUT2D eigenvalue weighted by Crippen LogP contribution is -2.16. The Hall–Kier alpha value is -3.73. The molecule has 0 amide bonds. The van der Waals surface area contributed by atoms with Gasteiger partial charge in [0.1, 0.15) is 0 Å². The van der Waals surface area contributed by atoms with Crippen LogP contribution in [0, 0.1) is 0 Å². The zero-order valence-electron chi connectivity index (χ0n) is 13.8. The Bertz CT molecular complexity index is 1090. The number of carbonyl (C=O) groups is 1. The van der Waals surface area contributed by atoms with Crippen LogP contribution in [0.3, 0.4) is 0 Å². The maximum atomic E-state index is 11.2. The van der Waals surface area contributed by atoms with E-state index < -0.39 is 5.97 Å². The van der Waals surface area contributed by atoms with Crippen LogP contribution in [-0.4, -0.2) is 16.1 Å². The summed E-state index contributed by atoms with van der Waals surface area (Å²) in [4.78, 5) is 19.2. The van der Waals surface area contributed by atoms with Crippen molar-refractivity contribution in [3.05, 3.63) is 84.4 Å². The van der Waals surface area contributed by atoms with E-state index in [0.29, 0.717) is 5.69 Å². The molecule has 0 saturated carbocycles. The zero-order valence-corrected chi connectivity index (χ0v) is 13.8. The molecule has 5 heteroatoms. The lowest BCUT2D eigenvalue weighted by Gasteiger charge is -2.06. The number of aromatic nitrogens is 2. The van der Waals surface area contributed by atoms with Crippen molar-refractivity contribution in [2.75, 3.05) is 5.32 Å². The highest BCUT2D eigenvalue weighted by atomic mass is 16.4. The van der Waals surface area contributed by atoms with Crippen molar-refractivity contribution in [1.82, 2.24) is 4.98 Å². The van der Waals surface area contributed by atoms with Crippen LogP contribution in [0.1, 0.15) is 10.4 Å². The minimum atomic E-state index is -0.956. The number of hydrogen-bond acceptors (Lipinski definition) is 3. The second-order valence-electron chi connectivity index (χ2n) is 5.85. The van der Waals surface area contributed by atoms with E-state index in [4.69, 9.17) is 4.98 Å². The second-order valence-corrected chi connectivity index (χ2v) is 5.85. The number of para-hydroxylation sites is 1. The number of H-pyrrole nitrogens is 1. The molecule has 4 rings (SSSR count). The van der Waals surface area contributed by atoms with Crippen LogP contribution in [0.15, 0.2) is 78.9 Å². The zero-order chi connectivity index (χ0) is 17.9. The van der Waals surface area contributed by atoms with Crippen LogP contribution in [0.25, 0.3) is 22.3 Å². The molecular formula is C21H16N3O2+. The van der Waals surface area contributed by atoms with Gasteiger partial charge in [0.25, 0.3) is 5.82 Å². The smallest absolute Gasteiger partial charge is 0.335 e. The molecule has 0 unspecified atom stereocenters. The molecular weight excluding hydrogens is 326 g/mol. The first kappa shape index (κ1) is 15.8. The van der Waals surface area contributed by atoms with Crippen molar-refractivity contribution in [1.29, 1.82) is 0 Å². The van der Waals surface area contributed by atoms with E-state index in [9.17, 15) is 9.90 Å². The third-order valence-corrected chi connectivity index (χ3v) is 4.08. The molecule has 0 aliphatic heterocycles. The van der Waals surface area contributed by atoms with E-state index in [-0.39, 0.29) is 5.56 Å². The number of rotatable bonds is 4. The van der Waals surface area contributed by atoms with Crippen LogP contribution in [0.2, 0.25) is 0 Å². The van der Waals surface area contributed by atoms with Gasteiger partial charge < -0.3 is 5.11 Å². The van der Waals surface area contributed by atoms with E-state index in [1.807, 2.05) is 60.7 Å². The largest absolute Gasteiger partial charge is 0.478 e. The van der Waals surface area contributed by atoms with Crippen molar-refractivity contribution in [3.63, 3.8) is 0 Å². The van der Waals surface area contributed by atoms with Gasteiger partial charge in [-0.2, -0.15) is 0 Å². The number of nitrogens with zero attached hydrogens (tertiary/aromatic N) is 1. The summed E-state index contributed by atoms with van der Waals surface area (Å²) >= 11 is 0. The Kier molecular flexibility index (Phi) is 4.03. The Balaban J connectivity index is 1.83. The second kappa shape index (κ2) is 6.64. The van der Waals surface area contributed by atoms with Crippen molar-refractivity contribution < 1.29 is 14.9 Å². The molecule has 0 fully saturated rings. The molecule has 126 valence electrons. The summed E-state index contributed by atoms with van der Waals surface area (Å²) in [6, 6.07) is 24.4. The summed E-state index contributed by atoms with van der Waals surface area (Å²) in [5.41, 5.74) is 2.75. The standard InChI is InChI=1S/C21H15N3O2/c25-21(26)15-9-6-10-16(13-15)22-20-17-11-4-5-12-18(17)23-19(24-20)14-7-2-1-3-8-14/h1-13H,(H,25,26)(H,22,23,24)/p+1. The normalized spacial score (nSPS) is 10.6. The summed E-state index contributed by atoms with van der Waals surface area (Å²) in [5.74, 6) is 0.542. The van der Waals surface area contributed by atoms with Gasteiger partial charge in [-0.25, -0.2) is 9.78 Å². The minimum absolute atomic E-state index is 0.233. The number of carboxylic acid groups (broad SMARTS) is 1. The van der Waals surface area contributed by atoms with Gasteiger partial charge in [0.05, 0.1) is 22.2 Å². The summed E-state index contributed by atoms with van der Waals surface area (Å²) in [6.45, 7) is 0. The number of fused-ring (bicyclic) bond motifs is 1. The van der Waals surface area contributed by atoms with Crippen molar-refractivity contribution in [2.24, 2.45) is 0 Å². The molecule has 3 N–H and O–H groups in total. The Morgan fingerprint density at radius 2 is 1.69 bits per heavy atom. The molecule has 26 heavy (non-hydrogen) atoms. The highest BCUT2D eigenvalue weighted by Crippen LogP contribution is 2.24.